The van der Waals surface area contributed by atoms with E-state index in [0.717, 1.165) is 47.6 Å². The molecule has 0 bridgehead atoms. The maximum atomic E-state index is 13.7. The number of hydrogen-bond donors (Lipinski definition) is 2. The first-order valence-electron chi connectivity index (χ1n) is 8.91. The lowest BCUT2D eigenvalue weighted by Crippen LogP contribution is -2.51. The van der Waals surface area contributed by atoms with E-state index in [0.29, 0.717) is 0 Å². The predicted molar refractivity (Wildman–Crippen MR) is 101 cm³/mol. The van der Waals surface area contributed by atoms with Crippen LogP contribution < -0.4 is 10.2 Å². The van der Waals surface area contributed by atoms with Gasteiger partial charge in [-0.25, -0.2) is 9.38 Å². The average molecular weight is 352 g/mol. The van der Waals surface area contributed by atoms with Crippen molar-refractivity contribution in [3.63, 3.8) is 0 Å². The zero-order valence-corrected chi connectivity index (χ0v) is 14.8. The minimum atomic E-state index is -0.249. The molecule has 5 rings (SSSR count). The normalized spacial score (nSPS) is 25.2. The quantitative estimate of drug-likeness (QED) is 0.745. The molecule has 0 amide bonds. The number of aliphatic imine (C=N–C) groups is 1. The Morgan fingerprint density at radius 2 is 2.19 bits per heavy atom. The third-order valence-electron chi connectivity index (χ3n) is 5.64. The Morgan fingerprint density at radius 3 is 3.00 bits per heavy atom. The minimum Gasteiger partial charge on any atom is -0.348 e. The van der Waals surface area contributed by atoms with Crippen LogP contribution in [0.5, 0.6) is 0 Å². The highest BCUT2D eigenvalue weighted by Gasteiger charge is 2.43. The molecule has 4 heterocycles. The van der Waals surface area contributed by atoms with Crippen molar-refractivity contribution in [1.29, 1.82) is 0 Å². The molecule has 0 radical (unpaired) electrons. The Hall–Kier alpha value is -2.67. The number of fused-ring (bicyclic) bond motifs is 2. The number of hydrogen-bond acceptors (Lipinski definition) is 4. The van der Waals surface area contributed by atoms with Gasteiger partial charge in [-0.1, -0.05) is 0 Å². The van der Waals surface area contributed by atoms with E-state index in [2.05, 4.69) is 33.2 Å². The number of nitrogens with zero attached hydrogens (tertiary/aromatic N) is 4. The maximum absolute atomic E-state index is 13.7. The molecular weight excluding hydrogens is 331 g/mol. The third-order valence-corrected chi connectivity index (χ3v) is 5.64. The topological polar surface area (TPSA) is 61.2 Å². The number of anilines is 1. The first kappa shape index (κ1) is 15.6. The molecule has 2 atom stereocenters. The van der Waals surface area contributed by atoms with Gasteiger partial charge in [0.05, 0.1) is 22.4 Å². The molecule has 2 N–H and O–H groups in total. The van der Waals surface area contributed by atoms with E-state index in [1.807, 2.05) is 25.5 Å². The zero-order chi connectivity index (χ0) is 17.9. The van der Waals surface area contributed by atoms with Gasteiger partial charge >= 0.3 is 0 Å². The molecule has 0 saturated carbocycles. The summed E-state index contributed by atoms with van der Waals surface area (Å²) in [6.07, 6.45) is 4.92. The largest absolute Gasteiger partial charge is 0.348 e. The van der Waals surface area contributed by atoms with Crippen molar-refractivity contribution >= 4 is 28.6 Å². The van der Waals surface area contributed by atoms with Crippen molar-refractivity contribution in [3.05, 3.63) is 42.0 Å². The number of aromatic amines is 1. The summed E-state index contributed by atoms with van der Waals surface area (Å²) in [6, 6.07) is 6.83. The molecule has 2 unspecified atom stereocenters. The van der Waals surface area contributed by atoms with Gasteiger partial charge < -0.3 is 15.2 Å². The molecule has 2 aliphatic heterocycles. The summed E-state index contributed by atoms with van der Waals surface area (Å²) in [6.45, 7) is 4.17. The smallest absolute Gasteiger partial charge is 0.153 e. The number of H-pyrrole nitrogens is 1. The van der Waals surface area contributed by atoms with Crippen molar-refractivity contribution in [3.8, 4) is 0 Å². The van der Waals surface area contributed by atoms with Crippen LogP contribution in [-0.4, -0.2) is 39.6 Å². The Morgan fingerprint density at radius 1 is 1.31 bits per heavy atom. The van der Waals surface area contributed by atoms with E-state index in [-0.39, 0.29) is 17.4 Å². The second kappa shape index (κ2) is 5.41. The van der Waals surface area contributed by atoms with Crippen LogP contribution >= 0.6 is 0 Å². The summed E-state index contributed by atoms with van der Waals surface area (Å²) >= 11 is 0. The van der Waals surface area contributed by atoms with Crippen molar-refractivity contribution in [1.82, 2.24) is 20.1 Å². The molecule has 2 aliphatic rings. The average Bonchev–Trinajstić information content (AvgIpc) is 3.34. The van der Waals surface area contributed by atoms with Gasteiger partial charge in [-0.05, 0) is 44.2 Å². The predicted octanol–water partition coefficient (Wildman–Crippen LogP) is 3.06. The summed E-state index contributed by atoms with van der Waals surface area (Å²) in [4.78, 5) is 10.3. The molecule has 1 saturated heterocycles. The number of aromatic nitrogens is 3. The Balaban J connectivity index is 1.70. The Bertz CT molecular complexity index is 1010. The molecule has 134 valence electrons. The third kappa shape index (κ3) is 2.13. The van der Waals surface area contributed by atoms with Crippen molar-refractivity contribution in [2.24, 2.45) is 12.0 Å². The molecule has 0 aliphatic carbocycles. The van der Waals surface area contributed by atoms with Crippen LogP contribution in [0.2, 0.25) is 0 Å². The minimum absolute atomic E-state index is 0.0437. The van der Waals surface area contributed by atoms with Gasteiger partial charge in [0.1, 0.15) is 11.9 Å². The first-order valence-corrected chi connectivity index (χ1v) is 8.91. The van der Waals surface area contributed by atoms with Crippen LogP contribution in [-0.2, 0) is 7.05 Å². The Kier molecular flexibility index (Phi) is 3.24. The van der Waals surface area contributed by atoms with Crippen molar-refractivity contribution in [2.45, 2.75) is 24.9 Å². The van der Waals surface area contributed by atoms with Gasteiger partial charge in [-0.2, -0.15) is 5.10 Å². The summed E-state index contributed by atoms with van der Waals surface area (Å²) in [5, 5.41) is 9.20. The van der Waals surface area contributed by atoms with Gasteiger partial charge in [0.25, 0.3) is 0 Å². The fourth-order valence-electron chi connectivity index (χ4n) is 4.32. The number of halogens is 1. The highest BCUT2D eigenvalue weighted by atomic mass is 19.1. The van der Waals surface area contributed by atoms with Crippen LogP contribution in [0.25, 0.3) is 10.9 Å². The summed E-state index contributed by atoms with van der Waals surface area (Å²) in [7, 11) is 1.86. The lowest BCUT2D eigenvalue weighted by atomic mass is 9.93. The lowest BCUT2D eigenvalue weighted by Gasteiger charge is -2.44. The van der Waals surface area contributed by atoms with E-state index in [1.165, 1.54) is 12.1 Å². The summed E-state index contributed by atoms with van der Waals surface area (Å²) in [5.74, 6) is 0.627. The molecule has 6 nitrogen and oxygen atoms in total. The molecule has 2 aromatic heterocycles. The molecule has 7 heteroatoms. The second-order valence-corrected chi connectivity index (χ2v) is 7.40. The number of aryl methyl sites for hydroxylation is 1. The van der Waals surface area contributed by atoms with Crippen LogP contribution in [0.3, 0.4) is 0 Å². The van der Waals surface area contributed by atoms with Crippen LogP contribution in [0.4, 0.5) is 15.9 Å². The fourth-order valence-corrected chi connectivity index (χ4v) is 4.32. The van der Waals surface area contributed by atoms with Crippen LogP contribution in [0.15, 0.2) is 35.5 Å². The first-order chi connectivity index (χ1) is 12.6. The van der Waals surface area contributed by atoms with Crippen molar-refractivity contribution in [2.75, 3.05) is 18.0 Å². The molecule has 3 aromatic rings. The van der Waals surface area contributed by atoms with Crippen molar-refractivity contribution < 1.29 is 4.39 Å². The standard InChI is InChI=1S/C19H21FN6/c1-19(6-8-21-11-19)26-14-5-7-22-18(14)23-10-16(26)17-13-4-3-12(20)9-15(13)25(2)24-17/h3-5,7,9-10,16,21-22H,6,8,11H2,1-2H3. The number of nitrogens with one attached hydrogen (secondary N) is 2. The second-order valence-electron chi connectivity index (χ2n) is 7.40. The SMILES string of the molecule is Cn1nc(C2C=Nc3[nH]ccc3N2C2(C)CCNC2)c2ccc(F)cc21. The lowest BCUT2D eigenvalue weighted by molar-refractivity contribution is 0.440. The zero-order valence-electron chi connectivity index (χ0n) is 14.8. The van der Waals surface area contributed by atoms with Gasteiger partial charge in [-0.15, -0.1) is 0 Å². The van der Waals surface area contributed by atoms with Gasteiger partial charge in [0, 0.05) is 31.4 Å². The van der Waals surface area contributed by atoms with Gasteiger partial charge in [0.2, 0.25) is 0 Å². The number of rotatable bonds is 2. The van der Waals surface area contributed by atoms with E-state index in [1.54, 1.807) is 4.68 Å². The molecular formula is C19H21FN6. The molecule has 0 spiro atoms. The monoisotopic (exact) mass is 352 g/mol. The number of benzene rings is 1. The maximum Gasteiger partial charge on any atom is 0.153 e. The molecule has 26 heavy (non-hydrogen) atoms. The van der Waals surface area contributed by atoms with E-state index >= 15 is 0 Å². The van der Waals surface area contributed by atoms with Crippen LogP contribution in [0.1, 0.15) is 25.1 Å². The van der Waals surface area contributed by atoms with Gasteiger partial charge in [-0.3, -0.25) is 4.68 Å². The molecule has 1 fully saturated rings. The van der Waals surface area contributed by atoms with E-state index in [4.69, 9.17) is 5.10 Å². The van der Waals surface area contributed by atoms with Crippen LogP contribution in [0, 0.1) is 5.82 Å². The molecule has 1 aromatic carbocycles. The van der Waals surface area contributed by atoms with Gasteiger partial charge in [0.15, 0.2) is 5.82 Å². The summed E-state index contributed by atoms with van der Waals surface area (Å²) in [5.41, 5.74) is 2.75. The summed E-state index contributed by atoms with van der Waals surface area (Å²) < 4.78 is 15.5. The highest BCUT2D eigenvalue weighted by Crippen LogP contribution is 2.44. The van der Waals surface area contributed by atoms with E-state index < -0.39 is 0 Å². The van der Waals surface area contributed by atoms with E-state index in [9.17, 15) is 4.39 Å². The fraction of sp³-hybridized carbons (Fsp3) is 0.368. The highest BCUT2D eigenvalue weighted by molar-refractivity contribution is 5.91. The Labute approximate surface area is 150 Å².